The van der Waals surface area contributed by atoms with Gasteiger partial charge in [0.1, 0.15) is 23.1 Å². The Kier molecular flexibility index (Phi) is 5.02. The summed E-state index contributed by atoms with van der Waals surface area (Å²) in [6.45, 7) is 0. The summed E-state index contributed by atoms with van der Waals surface area (Å²) in [6, 6.07) is 11.7. The summed E-state index contributed by atoms with van der Waals surface area (Å²) >= 11 is 0. The first-order chi connectivity index (χ1) is 12.6. The van der Waals surface area contributed by atoms with Crippen LogP contribution in [0.5, 0.6) is 0 Å². The monoisotopic (exact) mass is 356 g/mol. The number of carbonyl (C=O) groups excluding carboxylic acids is 1. The number of carbonyl (C=O) groups is 1. The summed E-state index contributed by atoms with van der Waals surface area (Å²) in [7, 11) is 1.30. The van der Waals surface area contributed by atoms with E-state index in [-0.39, 0.29) is 11.6 Å². The number of nitrogens with zero attached hydrogens (tertiary/aromatic N) is 2. The molecule has 0 aliphatic rings. The fraction of sp³-hybridized carbons (Fsp3) is 0.0556. The highest BCUT2D eigenvalue weighted by molar-refractivity contribution is 5.90. The summed E-state index contributed by atoms with van der Waals surface area (Å²) in [5, 5.41) is 5.51. The van der Waals surface area contributed by atoms with Crippen LogP contribution in [-0.2, 0) is 4.74 Å². The van der Waals surface area contributed by atoms with Crippen molar-refractivity contribution in [1.82, 2.24) is 9.97 Å². The topological polar surface area (TPSA) is 76.1 Å². The van der Waals surface area contributed by atoms with Crippen LogP contribution in [0.25, 0.3) is 0 Å². The molecule has 0 saturated carbocycles. The molecule has 26 heavy (non-hydrogen) atoms. The average molecular weight is 356 g/mol. The molecule has 8 heteroatoms. The van der Waals surface area contributed by atoms with Gasteiger partial charge in [0.2, 0.25) is 5.95 Å². The van der Waals surface area contributed by atoms with Crippen LogP contribution in [0.1, 0.15) is 10.4 Å². The van der Waals surface area contributed by atoms with Crippen LogP contribution in [-0.4, -0.2) is 23.0 Å². The van der Waals surface area contributed by atoms with Gasteiger partial charge in [-0.25, -0.2) is 18.6 Å². The molecule has 2 aromatic carbocycles. The van der Waals surface area contributed by atoms with Gasteiger partial charge < -0.3 is 15.4 Å². The van der Waals surface area contributed by atoms with Crippen molar-refractivity contribution < 1.29 is 18.3 Å². The van der Waals surface area contributed by atoms with Crippen molar-refractivity contribution in [3.05, 3.63) is 71.9 Å². The number of anilines is 4. The lowest BCUT2D eigenvalue weighted by Crippen LogP contribution is -2.04. The van der Waals surface area contributed by atoms with E-state index in [4.69, 9.17) is 0 Å². The molecule has 3 aromatic rings. The van der Waals surface area contributed by atoms with Crippen LogP contribution in [0, 0.1) is 11.6 Å². The van der Waals surface area contributed by atoms with Gasteiger partial charge in [-0.1, -0.05) is 12.1 Å². The minimum Gasteiger partial charge on any atom is -0.465 e. The van der Waals surface area contributed by atoms with Gasteiger partial charge in [0.05, 0.1) is 12.7 Å². The number of hydrogen-bond donors (Lipinski definition) is 2. The molecule has 0 spiro atoms. The number of benzene rings is 2. The van der Waals surface area contributed by atoms with E-state index in [1.165, 1.54) is 19.4 Å². The molecule has 0 radical (unpaired) electrons. The molecular weight excluding hydrogens is 342 g/mol. The normalized spacial score (nSPS) is 10.3. The molecule has 3 rings (SSSR count). The fourth-order valence-corrected chi connectivity index (χ4v) is 2.21. The van der Waals surface area contributed by atoms with Gasteiger partial charge in [0.25, 0.3) is 0 Å². The molecule has 0 aliphatic heterocycles. The number of hydrogen-bond acceptors (Lipinski definition) is 6. The Hall–Kier alpha value is -3.55. The number of esters is 1. The lowest BCUT2D eigenvalue weighted by atomic mass is 10.2. The molecule has 1 aromatic heterocycles. The fourth-order valence-electron chi connectivity index (χ4n) is 2.21. The number of para-hydroxylation sites is 1. The molecule has 6 nitrogen and oxygen atoms in total. The van der Waals surface area contributed by atoms with E-state index < -0.39 is 17.6 Å². The summed E-state index contributed by atoms with van der Waals surface area (Å²) in [5.41, 5.74) is 0.630. The van der Waals surface area contributed by atoms with Crippen molar-refractivity contribution in [2.45, 2.75) is 0 Å². The highest BCUT2D eigenvalue weighted by atomic mass is 19.1. The molecule has 0 amide bonds. The zero-order chi connectivity index (χ0) is 18.5. The van der Waals surface area contributed by atoms with Crippen molar-refractivity contribution >= 4 is 29.1 Å². The van der Waals surface area contributed by atoms with Crippen LogP contribution in [0.2, 0.25) is 0 Å². The predicted octanol–water partition coefficient (Wildman–Crippen LogP) is 4.03. The quantitative estimate of drug-likeness (QED) is 0.672. The number of methoxy groups -OCH3 is 1. The van der Waals surface area contributed by atoms with Gasteiger partial charge in [-0.2, -0.15) is 4.98 Å². The molecule has 0 saturated heterocycles. The molecule has 2 N–H and O–H groups in total. The molecular formula is C18H14F2N4O2. The number of aromatic nitrogens is 2. The van der Waals surface area contributed by atoms with E-state index in [9.17, 15) is 13.6 Å². The molecule has 0 bridgehead atoms. The van der Waals surface area contributed by atoms with E-state index in [1.54, 1.807) is 30.3 Å². The van der Waals surface area contributed by atoms with Crippen LogP contribution in [0.4, 0.5) is 31.9 Å². The third-order valence-electron chi connectivity index (χ3n) is 3.41. The Morgan fingerprint density at radius 1 is 1.04 bits per heavy atom. The zero-order valence-corrected chi connectivity index (χ0v) is 13.7. The number of halogens is 2. The summed E-state index contributed by atoms with van der Waals surface area (Å²) in [6.07, 6.45) is 1.43. The molecule has 0 aliphatic carbocycles. The highest BCUT2D eigenvalue weighted by Gasteiger charge is 2.11. The van der Waals surface area contributed by atoms with Gasteiger partial charge in [0, 0.05) is 11.9 Å². The first kappa shape index (κ1) is 17.3. The first-order valence-electron chi connectivity index (χ1n) is 7.56. The number of rotatable bonds is 5. The maximum absolute atomic E-state index is 13.7. The lowest BCUT2D eigenvalue weighted by Gasteiger charge is -2.10. The molecule has 0 atom stereocenters. The lowest BCUT2D eigenvalue weighted by molar-refractivity contribution is 0.0601. The standard InChI is InChI=1S/C18H14F2N4O2/c1-26-17(25)11-4-2-5-12(10-11)22-15-8-9-21-18(23-15)24-16-13(19)6-3-7-14(16)20/h2-10H,1H3,(H2,21,22,23,24). The number of ether oxygens (including phenoxy) is 1. The zero-order valence-electron chi connectivity index (χ0n) is 13.7. The Balaban J connectivity index is 1.81. The average Bonchev–Trinajstić information content (AvgIpc) is 2.65. The largest absolute Gasteiger partial charge is 0.465 e. The second kappa shape index (κ2) is 7.56. The molecule has 132 valence electrons. The van der Waals surface area contributed by atoms with Crippen molar-refractivity contribution in [2.75, 3.05) is 17.7 Å². The first-order valence-corrected chi connectivity index (χ1v) is 7.56. The summed E-state index contributed by atoms with van der Waals surface area (Å²) in [4.78, 5) is 19.7. The van der Waals surface area contributed by atoms with Gasteiger partial charge >= 0.3 is 5.97 Å². The van der Waals surface area contributed by atoms with Gasteiger partial charge in [-0.15, -0.1) is 0 Å². The van der Waals surface area contributed by atoms with E-state index in [2.05, 4.69) is 25.3 Å². The molecule has 0 fully saturated rings. The van der Waals surface area contributed by atoms with Crippen LogP contribution in [0.3, 0.4) is 0 Å². The SMILES string of the molecule is COC(=O)c1cccc(Nc2ccnc(Nc3c(F)cccc3F)n2)c1. The minimum absolute atomic E-state index is 0.0168. The van der Waals surface area contributed by atoms with Crippen LogP contribution in [0.15, 0.2) is 54.7 Å². The van der Waals surface area contributed by atoms with Crippen molar-refractivity contribution in [1.29, 1.82) is 0 Å². The Bertz CT molecular complexity index is 930. The second-order valence-electron chi connectivity index (χ2n) is 5.18. The van der Waals surface area contributed by atoms with E-state index >= 15 is 0 Å². The van der Waals surface area contributed by atoms with E-state index in [1.807, 2.05) is 0 Å². The molecule has 1 heterocycles. The Morgan fingerprint density at radius 2 is 1.77 bits per heavy atom. The van der Waals surface area contributed by atoms with Gasteiger partial charge in [-0.05, 0) is 36.4 Å². The van der Waals surface area contributed by atoms with E-state index in [0.717, 1.165) is 12.1 Å². The predicted molar refractivity (Wildman–Crippen MR) is 92.7 cm³/mol. The Morgan fingerprint density at radius 3 is 2.50 bits per heavy atom. The smallest absolute Gasteiger partial charge is 0.337 e. The van der Waals surface area contributed by atoms with Crippen molar-refractivity contribution in [3.8, 4) is 0 Å². The summed E-state index contributed by atoms with van der Waals surface area (Å²) in [5.74, 6) is -1.58. The van der Waals surface area contributed by atoms with Gasteiger partial charge in [0.15, 0.2) is 0 Å². The van der Waals surface area contributed by atoms with Crippen LogP contribution < -0.4 is 10.6 Å². The Labute approximate surface area is 147 Å². The third kappa shape index (κ3) is 3.92. The van der Waals surface area contributed by atoms with Crippen molar-refractivity contribution in [3.63, 3.8) is 0 Å². The maximum Gasteiger partial charge on any atom is 0.337 e. The summed E-state index contributed by atoms with van der Waals surface area (Å²) < 4.78 is 32.1. The number of nitrogens with one attached hydrogen (secondary N) is 2. The van der Waals surface area contributed by atoms with Gasteiger partial charge in [-0.3, -0.25) is 0 Å². The van der Waals surface area contributed by atoms with E-state index in [0.29, 0.717) is 17.1 Å². The van der Waals surface area contributed by atoms with Crippen LogP contribution >= 0.6 is 0 Å². The second-order valence-corrected chi connectivity index (χ2v) is 5.18. The minimum atomic E-state index is -0.752. The highest BCUT2D eigenvalue weighted by Crippen LogP contribution is 2.22. The van der Waals surface area contributed by atoms with Crippen molar-refractivity contribution in [2.24, 2.45) is 0 Å². The third-order valence-corrected chi connectivity index (χ3v) is 3.41. The maximum atomic E-state index is 13.7. The molecule has 0 unspecified atom stereocenters.